The number of unbranched alkanes of at least 4 members (excludes halogenated alkanes) is 4. The van der Waals surface area contributed by atoms with E-state index in [1.165, 1.54) is 0 Å². The predicted octanol–water partition coefficient (Wildman–Crippen LogP) is 3.24. The van der Waals surface area contributed by atoms with Crippen molar-refractivity contribution in [3.63, 3.8) is 0 Å². The Balaban J connectivity index is 1.55. The highest BCUT2D eigenvalue weighted by Gasteiger charge is 2.75. The van der Waals surface area contributed by atoms with Crippen LogP contribution in [0.5, 0.6) is 0 Å². The summed E-state index contributed by atoms with van der Waals surface area (Å²) in [5.41, 5.74) is 1.02. The van der Waals surface area contributed by atoms with Gasteiger partial charge in [0, 0.05) is 36.3 Å². The summed E-state index contributed by atoms with van der Waals surface area (Å²) < 4.78 is -0.591. The molecule has 3 N–H and O–H groups in total. The van der Waals surface area contributed by atoms with Crippen molar-refractivity contribution in [2.45, 2.75) is 79.3 Å². The van der Waals surface area contributed by atoms with E-state index in [4.69, 9.17) is 5.11 Å². The van der Waals surface area contributed by atoms with Gasteiger partial charge in [-0.05, 0) is 31.2 Å². The van der Waals surface area contributed by atoms with E-state index in [0.717, 1.165) is 44.1 Å². The second-order valence-electron chi connectivity index (χ2n) is 10.2. The SMILES string of the molecule is CCCCNC(=O)C1N(CCCCCCO)C(=O)[C@@H]2[C@H](C(=O)NCc3ccccc3)[C@H]3SC12CC3Br. The standard InChI is InChI=1S/C27H38BrN3O4S/c1-2-3-13-29-25(34)23-27-16-19(28)22(36-27)20(24(33)30-17-18-11-7-6-8-12-18)21(27)26(35)31(23)14-9-4-5-10-15-32/h6-8,11-12,19-23,32H,2-5,9-10,13-17H2,1H3,(H,29,34)(H,30,33)/t19?,20-,21-,22-,23?,27?/m0/s1. The van der Waals surface area contributed by atoms with E-state index in [1.54, 1.807) is 16.7 Å². The maximum Gasteiger partial charge on any atom is 0.244 e. The minimum absolute atomic E-state index is 0.0348. The molecule has 3 unspecified atom stereocenters. The molecule has 3 amide bonds. The minimum atomic E-state index is -0.591. The fourth-order valence-corrected chi connectivity index (χ4v) is 9.72. The van der Waals surface area contributed by atoms with Gasteiger partial charge >= 0.3 is 0 Å². The van der Waals surface area contributed by atoms with Gasteiger partial charge in [0.05, 0.1) is 16.6 Å². The first-order valence-corrected chi connectivity index (χ1v) is 15.1. The Morgan fingerprint density at radius 1 is 1.11 bits per heavy atom. The van der Waals surface area contributed by atoms with Gasteiger partial charge in [-0.3, -0.25) is 14.4 Å². The normalized spacial score (nSPS) is 30.5. The van der Waals surface area contributed by atoms with E-state index in [1.807, 2.05) is 30.3 Å². The van der Waals surface area contributed by atoms with Crippen molar-refractivity contribution in [2.75, 3.05) is 19.7 Å². The van der Waals surface area contributed by atoms with E-state index in [0.29, 0.717) is 26.1 Å². The van der Waals surface area contributed by atoms with Gasteiger partial charge < -0.3 is 20.6 Å². The number of hydrogen-bond donors (Lipinski definition) is 3. The molecule has 1 spiro atoms. The summed E-state index contributed by atoms with van der Waals surface area (Å²) in [6, 6.07) is 9.21. The lowest BCUT2D eigenvalue weighted by atomic mass is 9.70. The van der Waals surface area contributed by atoms with Crippen molar-refractivity contribution in [3.8, 4) is 0 Å². The second kappa shape index (κ2) is 12.3. The number of alkyl halides is 1. The molecule has 0 saturated carbocycles. The Bertz CT molecular complexity index is 935. The molecule has 3 fully saturated rings. The van der Waals surface area contributed by atoms with Gasteiger partial charge in [-0.2, -0.15) is 0 Å². The third-order valence-corrected chi connectivity index (χ3v) is 11.0. The maximum absolute atomic E-state index is 13.9. The average molecular weight is 581 g/mol. The second-order valence-corrected chi connectivity index (χ2v) is 12.9. The Morgan fingerprint density at radius 3 is 2.58 bits per heavy atom. The molecular formula is C27H38BrN3O4S. The average Bonchev–Trinajstić information content (AvgIpc) is 3.46. The minimum Gasteiger partial charge on any atom is -0.396 e. The van der Waals surface area contributed by atoms with E-state index >= 15 is 0 Å². The number of carbonyl (C=O) groups is 3. The third-order valence-electron chi connectivity index (χ3n) is 7.79. The predicted molar refractivity (Wildman–Crippen MR) is 146 cm³/mol. The molecule has 4 rings (SSSR count). The Hall–Kier alpha value is -1.58. The van der Waals surface area contributed by atoms with E-state index in [9.17, 15) is 14.4 Å². The van der Waals surface area contributed by atoms with Crippen LogP contribution in [0.3, 0.4) is 0 Å². The molecule has 198 valence electrons. The van der Waals surface area contributed by atoms with Gasteiger partial charge in [0.25, 0.3) is 0 Å². The Labute approximate surface area is 226 Å². The molecule has 6 atom stereocenters. The lowest BCUT2D eigenvalue weighted by Gasteiger charge is -2.35. The zero-order valence-electron chi connectivity index (χ0n) is 21.0. The molecule has 9 heteroatoms. The summed E-state index contributed by atoms with van der Waals surface area (Å²) in [7, 11) is 0. The number of nitrogens with one attached hydrogen (secondary N) is 2. The maximum atomic E-state index is 13.9. The molecule has 7 nitrogen and oxygen atoms in total. The first-order chi connectivity index (χ1) is 17.4. The number of carbonyl (C=O) groups excluding carboxylic acids is 3. The smallest absolute Gasteiger partial charge is 0.244 e. The summed E-state index contributed by atoms with van der Waals surface area (Å²) in [6.45, 7) is 3.77. The van der Waals surface area contributed by atoms with Crippen molar-refractivity contribution in [2.24, 2.45) is 11.8 Å². The van der Waals surface area contributed by atoms with E-state index < -0.39 is 22.6 Å². The van der Waals surface area contributed by atoms with Crippen molar-refractivity contribution >= 4 is 45.4 Å². The van der Waals surface area contributed by atoms with Crippen LogP contribution < -0.4 is 10.6 Å². The van der Waals surface area contributed by atoms with E-state index in [2.05, 4.69) is 33.5 Å². The number of aliphatic hydroxyl groups is 1. The van der Waals surface area contributed by atoms with Gasteiger partial charge in [0.15, 0.2) is 0 Å². The fraction of sp³-hybridized carbons (Fsp3) is 0.667. The number of benzene rings is 1. The molecule has 0 radical (unpaired) electrons. The quantitative estimate of drug-likeness (QED) is 0.246. The number of thioether (sulfide) groups is 1. The van der Waals surface area contributed by atoms with Crippen LogP contribution in [0.2, 0.25) is 0 Å². The third kappa shape index (κ3) is 5.34. The molecule has 2 bridgehead atoms. The molecular weight excluding hydrogens is 542 g/mol. The number of fused-ring (bicyclic) bond motifs is 1. The number of hydrogen-bond acceptors (Lipinski definition) is 5. The lowest BCUT2D eigenvalue weighted by molar-refractivity contribution is -0.140. The number of nitrogens with zero attached hydrogens (tertiary/aromatic N) is 1. The summed E-state index contributed by atoms with van der Waals surface area (Å²) in [4.78, 5) is 42.9. The molecule has 3 aliphatic rings. The van der Waals surface area contributed by atoms with Crippen molar-refractivity contribution < 1.29 is 19.5 Å². The van der Waals surface area contributed by atoms with Gasteiger partial charge in [0.1, 0.15) is 6.04 Å². The topological polar surface area (TPSA) is 98.7 Å². The summed E-state index contributed by atoms with van der Waals surface area (Å²) in [5.74, 6) is -1.20. The van der Waals surface area contributed by atoms with Crippen molar-refractivity contribution in [1.29, 1.82) is 0 Å². The summed E-state index contributed by atoms with van der Waals surface area (Å²) in [6.07, 6.45) is 5.89. The van der Waals surface area contributed by atoms with Crippen molar-refractivity contribution in [1.82, 2.24) is 15.5 Å². The summed E-state index contributed by atoms with van der Waals surface area (Å²) in [5, 5.41) is 15.2. The molecule has 3 heterocycles. The van der Waals surface area contributed by atoms with Crippen LogP contribution in [0.25, 0.3) is 0 Å². The van der Waals surface area contributed by atoms with Crippen LogP contribution in [0.4, 0.5) is 0 Å². The zero-order valence-corrected chi connectivity index (χ0v) is 23.4. The van der Waals surface area contributed by atoms with Gasteiger partial charge in [0.2, 0.25) is 17.7 Å². The van der Waals surface area contributed by atoms with Crippen LogP contribution in [0.15, 0.2) is 30.3 Å². The van der Waals surface area contributed by atoms with Crippen LogP contribution in [0, 0.1) is 11.8 Å². The highest BCUT2D eigenvalue weighted by atomic mass is 79.9. The highest BCUT2D eigenvalue weighted by Crippen LogP contribution is 2.67. The van der Waals surface area contributed by atoms with Gasteiger partial charge in [-0.25, -0.2) is 0 Å². The number of amides is 3. The molecule has 36 heavy (non-hydrogen) atoms. The molecule has 1 aromatic carbocycles. The number of rotatable bonds is 13. The number of halogens is 1. The van der Waals surface area contributed by atoms with E-state index in [-0.39, 0.29) is 34.4 Å². The molecule has 0 aromatic heterocycles. The van der Waals surface area contributed by atoms with Crippen LogP contribution in [0.1, 0.15) is 57.4 Å². The fourth-order valence-electron chi connectivity index (χ4n) is 6.11. The summed E-state index contributed by atoms with van der Waals surface area (Å²) >= 11 is 5.49. The van der Waals surface area contributed by atoms with Gasteiger partial charge in [-0.1, -0.05) is 72.4 Å². The highest BCUT2D eigenvalue weighted by molar-refractivity contribution is 9.09. The first kappa shape index (κ1) is 27.5. The number of likely N-dealkylation sites (tertiary alicyclic amines) is 1. The van der Waals surface area contributed by atoms with Crippen LogP contribution >= 0.6 is 27.7 Å². The number of aliphatic hydroxyl groups excluding tert-OH is 1. The zero-order chi connectivity index (χ0) is 25.7. The molecule has 3 saturated heterocycles. The Kier molecular flexibility index (Phi) is 9.39. The van der Waals surface area contributed by atoms with Crippen molar-refractivity contribution in [3.05, 3.63) is 35.9 Å². The molecule has 0 aliphatic carbocycles. The molecule has 3 aliphatic heterocycles. The van der Waals surface area contributed by atoms with Gasteiger partial charge in [-0.15, -0.1) is 11.8 Å². The van der Waals surface area contributed by atoms with Crippen LogP contribution in [-0.2, 0) is 20.9 Å². The van der Waals surface area contributed by atoms with Crippen LogP contribution in [-0.4, -0.2) is 68.3 Å². The first-order valence-electron chi connectivity index (χ1n) is 13.3. The monoisotopic (exact) mass is 579 g/mol. The Morgan fingerprint density at radius 2 is 1.86 bits per heavy atom. The molecule has 1 aromatic rings. The largest absolute Gasteiger partial charge is 0.396 e. The lowest BCUT2D eigenvalue weighted by Crippen LogP contribution is -2.54.